The van der Waals surface area contributed by atoms with Gasteiger partial charge in [-0.3, -0.25) is 4.79 Å². The van der Waals surface area contributed by atoms with Gasteiger partial charge in [-0.05, 0) is 6.42 Å². The van der Waals surface area contributed by atoms with Gasteiger partial charge in [-0.2, -0.15) is 0 Å². The van der Waals surface area contributed by atoms with Gasteiger partial charge in [0.2, 0.25) is 5.91 Å². The van der Waals surface area contributed by atoms with Crippen LogP contribution < -0.4 is 11.1 Å². The summed E-state index contributed by atoms with van der Waals surface area (Å²) >= 11 is 0. The number of carbonyl (C=O) groups is 1. The Morgan fingerprint density at radius 3 is 2.22 bits per heavy atom. The van der Waals surface area contributed by atoms with E-state index < -0.39 is 40.9 Å². The van der Waals surface area contributed by atoms with Gasteiger partial charge in [0.15, 0.2) is 23.3 Å². The number of nitrogens with two attached hydrogens (primary N) is 1. The van der Waals surface area contributed by atoms with Crippen LogP contribution in [0.25, 0.3) is 0 Å². The van der Waals surface area contributed by atoms with E-state index in [4.69, 9.17) is 5.73 Å². The lowest BCUT2D eigenvalue weighted by molar-refractivity contribution is -0.117. The van der Waals surface area contributed by atoms with Crippen molar-refractivity contribution in [3.63, 3.8) is 0 Å². The van der Waals surface area contributed by atoms with E-state index in [1.54, 1.807) is 12.2 Å². The molecule has 0 unspecified atom stereocenters. The first kappa shape index (κ1) is 14.4. The van der Waals surface area contributed by atoms with Crippen LogP contribution in [0.5, 0.6) is 0 Å². The van der Waals surface area contributed by atoms with Crippen LogP contribution in [-0.4, -0.2) is 11.9 Å². The van der Waals surface area contributed by atoms with Gasteiger partial charge in [-0.15, -0.1) is 0 Å². The van der Waals surface area contributed by atoms with Crippen molar-refractivity contribution in [1.29, 1.82) is 0 Å². The number of hydrogen-bond acceptors (Lipinski definition) is 2. The number of benzene rings is 1. The van der Waals surface area contributed by atoms with Crippen molar-refractivity contribution in [2.75, 3.05) is 5.32 Å². The number of amides is 1. The minimum absolute atomic E-state index is 0.0618. The fourth-order valence-corrected chi connectivity index (χ4v) is 1.34. The second-order valence-corrected chi connectivity index (χ2v) is 3.73. The van der Waals surface area contributed by atoms with Crippen molar-refractivity contribution in [2.24, 2.45) is 5.73 Å². The zero-order chi connectivity index (χ0) is 13.9. The summed E-state index contributed by atoms with van der Waals surface area (Å²) in [6.45, 7) is 1.76. The van der Waals surface area contributed by atoms with E-state index in [0.717, 1.165) is 0 Å². The molecule has 1 atom stereocenters. The second kappa shape index (κ2) is 5.81. The molecule has 0 spiro atoms. The molecule has 18 heavy (non-hydrogen) atoms. The number of nitrogens with one attached hydrogen (secondary N) is 1. The van der Waals surface area contributed by atoms with Crippen LogP contribution in [0.1, 0.15) is 19.8 Å². The van der Waals surface area contributed by atoms with E-state index in [1.807, 2.05) is 0 Å². The van der Waals surface area contributed by atoms with Gasteiger partial charge in [-0.1, -0.05) is 13.3 Å². The lowest BCUT2D eigenvalue weighted by Gasteiger charge is -2.12. The number of anilines is 1. The molecule has 0 aromatic heterocycles. The Morgan fingerprint density at radius 2 is 1.78 bits per heavy atom. The van der Waals surface area contributed by atoms with Crippen LogP contribution in [0.15, 0.2) is 6.07 Å². The molecule has 1 rings (SSSR count). The zero-order valence-corrected chi connectivity index (χ0v) is 9.57. The highest BCUT2D eigenvalue weighted by molar-refractivity contribution is 5.94. The van der Waals surface area contributed by atoms with Crippen molar-refractivity contribution in [3.05, 3.63) is 29.3 Å². The first-order chi connectivity index (χ1) is 8.38. The predicted octanol–water partition coefficient (Wildman–Crippen LogP) is 2.31. The SMILES string of the molecule is CCC[C@@H](N)C(=O)Nc1c(F)c(F)cc(F)c1F. The van der Waals surface area contributed by atoms with Crippen molar-refractivity contribution in [3.8, 4) is 0 Å². The fraction of sp³-hybridized carbons (Fsp3) is 0.364. The maximum atomic E-state index is 13.2. The van der Waals surface area contributed by atoms with Gasteiger partial charge in [0.25, 0.3) is 0 Å². The highest BCUT2D eigenvalue weighted by atomic mass is 19.2. The predicted molar refractivity (Wildman–Crippen MR) is 57.8 cm³/mol. The Bertz CT molecular complexity index is 439. The highest BCUT2D eigenvalue weighted by Gasteiger charge is 2.22. The topological polar surface area (TPSA) is 55.1 Å². The highest BCUT2D eigenvalue weighted by Crippen LogP contribution is 2.24. The second-order valence-electron chi connectivity index (χ2n) is 3.73. The van der Waals surface area contributed by atoms with Crippen LogP contribution in [0.2, 0.25) is 0 Å². The van der Waals surface area contributed by atoms with E-state index >= 15 is 0 Å². The average Bonchev–Trinajstić information content (AvgIpc) is 2.32. The van der Waals surface area contributed by atoms with Crippen molar-refractivity contribution in [1.82, 2.24) is 0 Å². The van der Waals surface area contributed by atoms with E-state index in [1.165, 1.54) is 0 Å². The van der Waals surface area contributed by atoms with Gasteiger partial charge in [0, 0.05) is 6.07 Å². The number of hydrogen-bond donors (Lipinski definition) is 2. The lowest BCUT2D eigenvalue weighted by atomic mass is 10.1. The van der Waals surface area contributed by atoms with Gasteiger partial charge >= 0.3 is 0 Å². The Labute approximate surface area is 101 Å². The summed E-state index contributed by atoms with van der Waals surface area (Å²) in [5.41, 5.74) is 4.24. The standard InChI is InChI=1S/C11H12F4N2O/c1-2-3-7(16)11(18)17-10-8(14)5(12)4-6(13)9(10)15/h4,7H,2-3,16H2,1H3,(H,17,18)/t7-/m1/s1. The van der Waals surface area contributed by atoms with Gasteiger partial charge in [-0.25, -0.2) is 17.6 Å². The van der Waals surface area contributed by atoms with Crippen molar-refractivity contribution < 1.29 is 22.4 Å². The molecule has 0 fully saturated rings. The van der Waals surface area contributed by atoms with E-state index in [-0.39, 0.29) is 12.5 Å². The van der Waals surface area contributed by atoms with E-state index in [0.29, 0.717) is 6.42 Å². The Kier molecular flexibility index (Phi) is 4.66. The third-order valence-corrected chi connectivity index (χ3v) is 2.30. The Hall–Kier alpha value is -1.63. The lowest BCUT2D eigenvalue weighted by Crippen LogP contribution is -2.36. The van der Waals surface area contributed by atoms with Crippen LogP contribution in [0.4, 0.5) is 23.2 Å². The summed E-state index contributed by atoms with van der Waals surface area (Å²) in [6.07, 6.45) is 0.865. The molecule has 0 aliphatic carbocycles. The first-order valence-corrected chi connectivity index (χ1v) is 5.27. The summed E-state index contributed by atoms with van der Waals surface area (Å²) in [4.78, 5) is 11.4. The van der Waals surface area contributed by atoms with Crippen LogP contribution in [0.3, 0.4) is 0 Å². The molecular formula is C11H12F4N2O. The number of rotatable bonds is 4. The van der Waals surface area contributed by atoms with Crippen LogP contribution in [0, 0.1) is 23.3 Å². The molecule has 0 aliphatic rings. The Balaban J connectivity index is 3.01. The summed E-state index contributed by atoms with van der Waals surface area (Å²) in [6, 6.07) is -0.938. The van der Waals surface area contributed by atoms with Crippen molar-refractivity contribution in [2.45, 2.75) is 25.8 Å². The zero-order valence-electron chi connectivity index (χ0n) is 9.57. The third-order valence-electron chi connectivity index (χ3n) is 2.30. The molecule has 1 amide bonds. The summed E-state index contributed by atoms with van der Waals surface area (Å²) in [7, 11) is 0. The molecule has 0 heterocycles. The van der Waals surface area contributed by atoms with Gasteiger partial charge < -0.3 is 11.1 Å². The maximum Gasteiger partial charge on any atom is 0.241 e. The van der Waals surface area contributed by atoms with E-state index in [2.05, 4.69) is 0 Å². The minimum atomic E-state index is -1.66. The monoisotopic (exact) mass is 264 g/mol. The minimum Gasteiger partial charge on any atom is -0.320 e. The fourth-order valence-electron chi connectivity index (χ4n) is 1.34. The summed E-state index contributed by atoms with van der Waals surface area (Å²) in [5, 5.41) is 1.75. The molecule has 3 nitrogen and oxygen atoms in total. The maximum absolute atomic E-state index is 13.2. The molecule has 0 aliphatic heterocycles. The van der Waals surface area contributed by atoms with Crippen molar-refractivity contribution >= 4 is 11.6 Å². The average molecular weight is 264 g/mol. The molecule has 100 valence electrons. The van der Waals surface area contributed by atoms with E-state index in [9.17, 15) is 22.4 Å². The molecular weight excluding hydrogens is 252 g/mol. The largest absolute Gasteiger partial charge is 0.320 e. The number of halogens is 4. The molecule has 0 bridgehead atoms. The molecule has 0 saturated heterocycles. The quantitative estimate of drug-likeness (QED) is 0.647. The smallest absolute Gasteiger partial charge is 0.241 e. The van der Waals surface area contributed by atoms with Gasteiger partial charge in [0.05, 0.1) is 6.04 Å². The summed E-state index contributed by atoms with van der Waals surface area (Å²) < 4.78 is 52.1. The first-order valence-electron chi connectivity index (χ1n) is 5.27. The van der Waals surface area contributed by atoms with Gasteiger partial charge in [0.1, 0.15) is 5.69 Å². The third kappa shape index (κ3) is 2.98. The van der Waals surface area contributed by atoms with Crippen LogP contribution >= 0.6 is 0 Å². The van der Waals surface area contributed by atoms with Crippen LogP contribution in [-0.2, 0) is 4.79 Å². The molecule has 3 N–H and O–H groups in total. The molecule has 1 aromatic carbocycles. The Morgan fingerprint density at radius 1 is 1.28 bits per heavy atom. The molecule has 1 aromatic rings. The summed E-state index contributed by atoms with van der Waals surface area (Å²) in [5.74, 6) is -7.40. The molecule has 0 saturated carbocycles. The molecule has 0 radical (unpaired) electrons. The molecule has 7 heteroatoms. The number of carbonyl (C=O) groups excluding carboxylic acids is 1. The normalized spacial score (nSPS) is 12.3.